The lowest BCUT2D eigenvalue weighted by atomic mass is 10.0. The van der Waals surface area contributed by atoms with E-state index in [0.717, 1.165) is 17.0 Å². The predicted octanol–water partition coefficient (Wildman–Crippen LogP) is 1.37. The van der Waals surface area contributed by atoms with Gasteiger partial charge in [0.2, 0.25) is 0 Å². The fraction of sp³-hybridized carbons (Fsp3) is 0.308. The van der Waals surface area contributed by atoms with Crippen molar-refractivity contribution in [1.29, 1.82) is 0 Å². The molecule has 0 aliphatic rings. The SMILES string of the molecule is CCOc1ccccc1C(NN)c1ccnn1C. The van der Waals surface area contributed by atoms with E-state index in [1.54, 1.807) is 10.9 Å². The van der Waals surface area contributed by atoms with Crippen molar-refractivity contribution >= 4 is 0 Å². The Bertz CT molecular complexity index is 509. The number of aryl methyl sites for hydroxylation is 1. The lowest BCUT2D eigenvalue weighted by Gasteiger charge is -2.19. The zero-order chi connectivity index (χ0) is 13.0. The Morgan fingerprint density at radius 3 is 2.78 bits per heavy atom. The summed E-state index contributed by atoms with van der Waals surface area (Å²) in [6, 6.07) is 9.67. The average Bonchev–Trinajstić information content (AvgIpc) is 2.79. The maximum atomic E-state index is 5.68. The van der Waals surface area contributed by atoms with E-state index in [1.165, 1.54) is 0 Å². The van der Waals surface area contributed by atoms with Crippen LogP contribution in [-0.4, -0.2) is 16.4 Å². The molecule has 0 aliphatic heterocycles. The fourth-order valence-electron chi connectivity index (χ4n) is 2.01. The maximum absolute atomic E-state index is 5.68. The number of nitrogens with zero attached hydrogens (tertiary/aromatic N) is 2. The van der Waals surface area contributed by atoms with E-state index >= 15 is 0 Å². The summed E-state index contributed by atoms with van der Waals surface area (Å²) in [7, 11) is 1.89. The molecule has 0 saturated heterocycles. The second kappa shape index (κ2) is 5.66. The zero-order valence-corrected chi connectivity index (χ0v) is 10.6. The summed E-state index contributed by atoms with van der Waals surface area (Å²) in [6.45, 7) is 2.59. The van der Waals surface area contributed by atoms with Gasteiger partial charge in [-0.15, -0.1) is 0 Å². The van der Waals surface area contributed by atoms with Crippen molar-refractivity contribution in [3.63, 3.8) is 0 Å². The van der Waals surface area contributed by atoms with Crippen LogP contribution in [0.3, 0.4) is 0 Å². The molecule has 5 heteroatoms. The minimum absolute atomic E-state index is 0.139. The van der Waals surface area contributed by atoms with Gasteiger partial charge in [-0.2, -0.15) is 5.10 Å². The highest BCUT2D eigenvalue weighted by molar-refractivity contribution is 5.39. The fourth-order valence-corrected chi connectivity index (χ4v) is 2.01. The van der Waals surface area contributed by atoms with Crippen LogP contribution in [0, 0.1) is 0 Å². The molecule has 0 aliphatic carbocycles. The first-order chi connectivity index (χ1) is 8.77. The third kappa shape index (κ3) is 2.37. The van der Waals surface area contributed by atoms with Gasteiger partial charge in [0.05, 0.1) is 18.3 Å². The first-order valence-electron chi connectivity index (χ1n) is 5.93. The Morgan fingerprint density at radius 1 is 1.39 bits per heavy atom. The van der Waals surface area contributed by atoms with Gasteiger partial charge in [-0.25, -0.2) is 5.43 Å². The molecule has 2 rings (SSSR count). The van der Waals surface area contributed by atoms with Crippen LogP contribution in [0.4, 0.5) is 0 Å². The molecule has 2 aromatic rings. The molecule has 5 nitrogen and oxygen atoms in total. The van der Waals surface area contributed by atoms with Crippen molar-refractivity contribution in [2.75, 3.05) is 6.61 Å². The molecule has 0 spiro atoms. The van der Waals surface area contributed by atoms with Gasteiger partial charge in [0.15, 0.2) is 0 Å². The molecule has 1 aromatic heterocycles. The summed E-state index contributed by atoms with van der Waals surface area (Å²) in [5, 5.41) is 4.17. The van der Waals surface area contributed by atoms with E-state index in [0.29, 0.717) is 6.61 Å². The van der Waals surface area contributed by atoms with Crippen LogP contribution in [0.1, 0.15) is 24.2 Å². The number of para-hydroxylation sites is 1. The van der Waals surface area contributed by atoms with Crippen LogP contribution in [0.2, 0.25) is 0 Å². The molecule has 96 valence electrons. The van der Waals surface area contributed by atoms with E-state index in [1.807, 2.05) is 44.3 Å². The number of rotatable bonds is 5. The van der Waals surface area contributed by atoms with E-state index in [-0.39, 0.29) is 6.04 Å². The predicted molar refractivity (Wildman–Crippen MR) is 70.0 cm³/mol. The number of hydrogen-bond donors (Lipinski definition) is 2. The Morgan fingerprint density at radius 2 is 2.17 bits per heavy atom. The normalized spacial score (nSPS) is 12.4. The molecule has 18 heavy (non-hydrogen) atoms. The monoisotopic (exact) mass is 246 g/mol. The molecule has 3 N–H and O–H groups in total. The molecule has 0 amide bonds. The Labute approximate surface area is 107 Å². The van der Waals surface area contributed by atoms with Crippen LogP contribution in [0.25, 0.3) is 0 Å². The molecular weight excluding hydrogens is 228 g/mol. The minimum Gasteiger partial charge on any atom is -0.494 e. The van der Waals surface area contributed by atoms with Crippen molar-refractivity contribution < 1.29 is 4.74 Å². The van der Waals surface area contributed by atoms with Crippen molar-refractivity contribution in [3.05, 3.63) is 47.8 Å². The van der Waals surface area contributed by atoms with Gasteiger partial charge >= 0.3 is 0 Å². The van der Waals surface area contributed by atoms with Crippen molar-refractivity contribution in [2.45, 2.75) is 13.0 Å². The van der Waals surface area contributed by atoms with Crippen LogP contribution >= 0.6 is 0 Å². The first-order valence-corrected chi connectivity index (χ1v) is 5.93. The van der Waals surface area contributed by atoms with Gasteiger partial charge in [0.25, 0.3) is 0 Å². The molecule has 1 atom stereocenters. The standard InChI is InChI=1S/C13H18N4O/c1-3-18-12-7-5-4-6-10(12)13(16-14)11-8-9-15-17(11)2/h4-9,13,16H,3,14H2,1-2H3. The largest absolute Gasteiger partial charge is 0.494 e. The third-order valence-electron chi connectivity index (χ3n) is 2.85. The summed E-state index contributed by atoms with van der Waals surface area (Å²) < 4.78 is 7.43. The quantitative estimate of drug-likeness (QED) is 0.618. The molecule has 1 unspecified atom stereocenters. The van der Waals surface area contributed by atoms with Gasteiger partial charge in [-0.3, -0.25) is 10.5 Å². The number of nitrogens with one attached hydrogen (secondary N) is 1. The van der Waals surface area contributed by atoms with Gasteiger partial charge in [-0.05, 0) is 19.1 Å². The summed E-state index contributed by atoms with van der Waals surface area (Å²) >= 11 is 0. The highest BCUT2D eigenvalue weighted by Crippen LogP contribution is 2.29. The molecular formula is C13H18N4O. The first kappa shape index (κ1) is 12.6. The minimum atomic E-state index is -0.139. The highest BCUT2D eigenvalue weighted by Gasteiger charge is 2.19. The van der Waals surface area contributed by atoms with Gasteiger partial charge in [-0.1, -0.05) is 18.2 Å². The van der Waals surface area contributed by atoms with Crippen LogP contribution in [0.5, 0.6) is 5.75 Å². The lowest BCUT2D eigenvalue weighted by molar-refractivity contribution is 0.333. The lowest BCUT2D eigenvalue weighted by Crippen LogP contribution is -2.30. The zero-order valence-electron chi connectivity index (χ0n) is 10.6. The Hall–Kier alpha value is -1.85. The highest BCUT2D eigenvalue weighted by atomic mass is 16.5. The smallest absolute Gasteiger partial charge is 0.124 e. The molecule has 1 heterocycles. The average molecular weight is 246 g/mol. The van der Waals surface area contributed by atoms with E-state index in [2.05, 4.69) is 10.5 Å². The number of aromatic nitrogens is 2. The van der Waals surface area contributed by atoms with Crippen LogP contribution in [-0.2, 0) is 7.05 Å². The number of ether oxygens (including phenoxy) is 1. The Kier molecular flexibility index (Phi) is 3.96. The van der Waals surface area contributed by atoms with E-state index < -0.39 is 0 Å². The van der Waals surface area contributed by atoms with Gasteiger partial charge in [0.1, 0.15) is 5.75 Å². The second-order valence-corrected chi connectivity index (χ2v) is 3.95. The third-order valence-corrected chi connectivity index (χ3v) is 2.85. The van der Waals surface area contributed by atoms with Crippen LogP contribution < -0.4 is 16.0 Å². The number of benzene rings is 1. The van der Waals surface area contributed by atoms with E-state index in [9.17, 15) is 0 Å². The summed E-state index contributed by atoms with van der Waals surface area (Å²) in [4.78, 5) is 0. The number of nitrogens with two attached hydrogens (primary N) is 1. The van der Waals surface area contributed by atoms with Crippen molar-refractivity contribution in [2.24, 2.45) is 12.9 Å². The topological polar surface area (TPSA) is 65.1 Å². The molecule has 0 bridgehead atoms. The number of hydrazine groups is 1. The Balaban J connectivity index is 2.42. The molecule has 0 radical (unpaired) electrons. The molecule has 0 saturated carbocycles. The summed E-state index contributed by atoms with van der Waals surface area (Å²) in [5.74, 6) is 6.52. The molecule has 1 aromatic carbocycles. The van der Waals surface area contributed by atoms with Crippen LogP contribution in [0.15, 0.2) is 36.5 Å². The number of hydrogen-bond acceptors (Lipinski definition) is 4. The molecule has 0 fully saturated rings. The van der Waals surface area contributed by atoms with E-state index in [4.69, 9.17) is 10.6 Å². The summed E-state index contributed by atoms with van der Waals surface area (Å²) in [5.41, 5.74) is 4.82. The van der Waals surface area contributed by atoms with Gasteiger partial charge < -0.3 is 4.74 Å². The second-order valence-electron chi connectivity index (χ2n) is 3.95. The van der Waals surface area contributed by atoms with Crippen molar-refractivity contribution in [3.8, 4) is 5.75 Å². The summed E-state index contributed by atoms with van der Waals surface area (Å²) in [6.07, 6.45) is 1.75. The van der Waals surface area contributed by atoms with Gasteiger partial charge in [0, 0.05) is 18.8 Å². The maximum Gasteiger partial charge on any atom is 0.124 e. The van der Waals surface area contributed by atoms with Crippen molar-refractivity contribution in [1.82, 2.24) is 15.2 Å².